The SMILES string of the molecule is O=C(N[C@@H](CO)Cc1ccccc1)c1cnc2c(c1)ncn2C1CCOCC1. The van der Waals surface area contributed by atoms with Crippen molar-refractivity contribution in [1.29, 1.82) is 0 Å². The van der Waals surface area contributed by atoms with Gasteiger partial charge in [0.1, 0.15) is 5.52 Å². The van der Waals surface area contributed by atoms with Crippen molar-refractivity contribution in [2.45, 2.75) is 31.3 Å². The first-order chi connectivity index (χ1) is 13.7. The van der Waals surface area contributed by atoms with E-state index in [0.29, 0.717) is 23.5 Å². The molecule has 0 bridgehead atoms. The van der Waals surface area contributed by atoms with Crippen molar-refractivity contribution in [1.82, 2.24) is 19.9 Å². The van der Waals surface area contributed by atoms with Crippen molar-refractivity contribution < 1.29 is 14.6 Å². The molecule has 0 saturated carbocycles. The number of hydrogen-bond acceptors (Lipinski definition) is 5. The van der Waals surface area contributed by atoms with Crippen LogP contribution in [0.2, 0.25) is 0 Å². The van der Waals surface area contributed by atoms with Gasteiger partial charge in [-0.2, -0.15) is 0 Å². The van der Waals surface area contributed by atoms with E-state index in [1.54, 1.807) is 18.6 Å². The maximum Gasteiger partial charge on any atom is 0.253 e. The molecule has 7 heteroatoms. The van der Waals surface area contributed by atoms with Gasteiger partial charge >= 0.3 is 0 Å². The first-order valence-corrected chi connectivity index (χ1v) is 9.60. The van der Waals surface area contributed by atoms with Gasteiger partial charge in [-0.3, -0.25) is 4.79 Å². The smallest absolute Gasteiger partial charge is 0.253 e. The Morgan fingerprint density at radius 3 is 2.79 bits per heavy atom. The van der Waals surface area contributed by atoms with Gasteiger partial charge in [-0.25, -0.2) is 9.97 Å². The molecular weight excluding hydrogens is 356 g/mol. The summed E-state index contributed by atoms with van der Waals surface area (Å²) >= 11 is 0. The first-order valence-electron chi connectivity index (χ1n) is 9.60. The van der Waals surface area contributed by atoms with Crippen molar-refractivity contribution in [3.8, 4) is 0 Å². The molecule has 28 heavy (non-hydrogen) atoms. The standard InChI is InChI=1S/C21H24N4O3/c26-13-17(10-15-4-2-1-3-5-15)24-21(27)16-11-19-20(22-12-16)25(14-23-19)18-6-8-28-9-7-18/h1-5,11-12,14,17-18,26H,6-10,13H2,(H,24,27)/t17-/m1/s1. The summed E-state index contributed by atoms with van der Waals surface area (Å²) in [6.07, 6.45) is 5.81. The minimum absolute atomic E-state index is 0.130. The van der Waals surface area contributed by atoms with Crippen LogP contribution in [0.5, 0.6) is 0 Å². The second-order valence-corrected chi connectivity index (χ2v) is 7.10. The Hall–Kier alpha value is -2.77. The van der Waals surface area contributed by atoms with Crippen LogP contribution in [-0.2, 0) is 11.2 Å². The Morgan fingerprint density at radius 2 is 2.04 bits per heavy atom. The van der Waals surface area contributed by atoms with Crippen LogP contribution in [0.4, 0.5) is 0 Å². The number of nitrogens with zero attached hydrogens (tertiary/aromatic N) is 3. The average Bonchev–Trinajstić information content (AvgIpc) is 3.18. The number of hydrogen-bond donors (Lipinski definition) is 2. The van der Waals surface area contributed by atoms with E-state index in [-0.39, 0.29) is 18.6 Å². The third-order valence-electron chi connectivity index (χ3n) is 5.14. The highest BCUT2D eigenvalue weighted by Gasteiger charge is 2.20. The van der Waals surface area contributed by atoms with Crippen LogP contribution in [0.3, 0.4) is 0 Å². The number of aliphatic hydroxyl groups is 1. The lowest BCUT2D eigenvalue weighted by atomic mass is 10.1. The van der Waals surface area contributed by atoms with Crippen molar-refractivity contribution in [2.24, 2.45) is 0 Å². The monoisotopic (exact) mass is 380 g/mol. The number of aromatic nitrogens is 3. The lowest BCUT2D eigenvalue weighted by Crippen LogP contribution is -2.39. The molecule has 1 aliphatic rings. The molecule has 7 nitrogen and oxygen atoms in total. The lowest BCUT2D eigenvalue weighted by molar-refractivity contribution is 0.0704. The number of amides is 1. The largest absolute Gasteiger partial charge is 0.394 e. The van der Waals surface area contributed by atoms with Gasteiger partial charge in [0.05, 0.1) is 24.5 Å². The number of rotatable bonds is 6. The first kappa shape index (κ1) is 18.6. The third kappa shape index (κ3) is 4.05. The quantitative estimate of drug-likeness (QED) is 0.684. The van der Waals surface area contributed by atoms with Gasteiger partial charge in [0.2, 0.25) is 0 Å². The van der Waals surface area contributed by atoms with E-state index >= 15 is 0 Å². The van der Waals surface area contributed by atoms with Crippen LogP contribution in [-0.4, -0.2) is 51.4 Å². The molecule has 1 amide bonds. The van der Waals surface area contributed by atoms with E-state index in [2.05, 4.69) is 19.9 Å². The van der Waals surface area contributed by atoms with E-state index in [0.717, 1.165) is 37.3 Å². The van der Waals surface area contributed by atoms with Gasteiger partial charge in [0.15, 0.2) is 5.65 Å². The summed E-state index contributed by atoms with van der Waals surface area (Å²) in [5, 5.41) is 12.5. The zero-order valence-electron chi connectivity index (χ0n) is 15.6. The number of pyridine rings is 1. The fraction of sp³-hybridized carbons (Fsp3) is 0.381. The lowest BCUT2D eigenvalue weighted by Gasteiger charge is -2.23. The molecule has 1 atom stereocenters. The highest BCUT2D eigenvalue weighted by Crippen LogP contribution is 2.24. The van der Waals surface area contributed by atoms with E-state index < -0.39 is 0 Å². The second-order valence-electron chi connectivity index (χ2n) is 7.10. The third-order valence-corrected chi connectivity index (χ3v) is 5.14. The van der Waals surface area contributed by atoms with Crippen molar-refractivity contribution in [2.75, 3.05) is 19.8 Å². The molecule has 4 rings (SSSR count). The summed E-state index contributed by atoms with van der Waals surface area (Å²) in [6.45, 7) is 1.36. The minimum atomic E-state index is -0.356. The summed E-state index contributed by atoms with van der Waals surface area (Å²) in [7, 11) is 0. The van der Waals surface area contributed by atoms with E-state index in [4.69, 9.17) is 4.74 Å². The second kappa shape index (κ2) is 8.50. The predicted molar refractivity (Wildman–Crippen MR) is 105 cm³/mol. The number of nitrogens with one attached hydrogen (secondary N) is 1. The summed E-state index contributed by atoms with van der Waals surface area (Å²) in [5.41, 5.74) is 2.98. The Balaban J connectivity index is 1.48. The fourth-order valence-electron chi connectivity index (χ4n) is 3.60. The number of carbonyl (C=O) groups excluding carboxylic acids is 1. The molecule has 1 saturated heterocycles. The molecule has 0 radical (unpaired) electrons. The average molecular weight is 380 g/mol. The Morgan fingerprint density at radius 1 is 1.25 bits per heavy atom. The van der Waals surface area contributed by atoms with Gasteiger partial charge in [0, 0.05) is 25.5 Å². The minimum Gasteiger partial charge on any atom is -0.394 e. The summed E-state index contributed by atoms with van der Waals surface area (Å²) in [5.74, 6) is -0.259. The molecular formula is C21H24N4O3. The summed E-state index contributed by atoms with van der Waals surface area (Å²) < 4.78 is 7.50. The van der Waals surface area contributed by atoms with Crippen LogP contribution in [0.25, 0.3) is 11.2 Å². The number of imidazole rings is 1. The zero-order valence-corrected chi connectivity index (χ0v) is 15.6. The molecule has 0 unspecified atom stereocenters. The number of fused-ring (bicyclic) bond motifs is 1. The van der Waals surface area contributed by atoms with Crippen LogP contribution >= 0.6 is 0 Å². The predicted octanol–water partition coefficient (Wildman–Crippen LogP) is 2.12. The summed E-state index contributed by atoms with van der Waals surface area (Å²) in [4.78, 5) is 21.6. The van der Waals surface area contributed by atoms with Crippen LogP contribution in [0.15, 0.2) is 48.9 Å². The van der Waals surface area contributed by atoms with E-state index in [1.807, 2.05) is 30.3 Å². The number of carbonyl (C=O) groups is 1. The molecule has 1 aromatic carbocycles. The molecule has 0 spiro atoms. The Labute approximate surface area is 163 Å². The molecule has 3 heterocycles. The van der Waals surface area contributed by atoms with E-state index in [9.17, 15) is 9.90 Å². The van der Waals surface area contributed by atoms with Crippen molar-refractivity contribution >= 4 is 17.1 Å². The van der Waals surface area contributed by atoms with E-state index in [1.165, 1.54) is 0 Å². The molecule has 0 aliphatic carbocycles. The van der Waals surface area contributed by atoms with Crippen LogP contribution in [0.1, 0.15) is 34.8 Å². The van der Waals surface area contributed by atoms with Crippen molar-refractivity contribution in [3.05, 3.63) is 60.0 Å². The highest BCUT2D eigenvalue weighted by atomic mass is 16.5. The van der Waals surface area contributed by atoms with Gasteiger partial charge in [-0.1, -0.05) is 30.3 Å². The Kier molecular flexibility index (Phi) is 5.64. The molecule has 146 valence electrons. The van der Waals surface area contributed by atoms with Gasteiger partial charge in [0.25, 0.3) is 5.91 Å². The molecule has 3 aromatic rings. The van der Waals surface area contributed by atoms with Crippen molar-refractivity contribution in [3.63, 3.8) is 0 Å². The fourth-order valence-corrected chi connectivity index (χ4v) is 3.60. The maximum absolute atomic E-state index is 12.6. The van der Waals surface area contributed by atoms with Gasteiger partial charge in [-0.15, -0.1) is 0 Å². The highest BCUT2D eigenvalue weighted by molar-refractivity contribution is 5.96. The molecule has 2 aromatic heterocycles. The van der Waals surface area contributed by atoms with Gasteiger partial charge in [-0.05, 0) is 30.9 Å². The normalized spacial score (nSPS) is 16.2. The number of benzene rings is 1. The molecule has 1 fully saturated rings. The molecule has 2 N–H and O–H groups in total. The number of aliphatic hydroxyl groups excluding tert-OH is 1. The zero-order chi connectivity index (χ0) is 19.3. The van der Waals surface area contributed by atoms with Crippen LogP contribution < -0.4 is 5.32 Å². The van der Waals surface area contributed by atoms with Crippen LogP contribution in [0, 0.1) is 0 Å². The number of ether oxygens (including phenoxy) is 1. The molecule has 1 aliphatic heterocycles. The topological polar surface area (TPSA) is 89.3 Å². The Bertz CT molecular complexity index is 935. The maximum atomic E-state index is 12.6. The summed E-state index contributed by atoms with van der Waals surface area (Å²) in [6, 6.07) is 11.5. The van der Waals surface area contributed by atoms with Gasteiger partial charge < -0.3 is 19.7 Å².